The first kappa shape index (κ1) is 29.5. The molecule has 0 fully saturated rings. The van der Waals surface area contributed by atoms with Crippen molar-refractivity contribution in [1.82, 2.24) is 25.9 Å². The Bertz CT molecular complexity index is 873. The number of aliphatic hydroxyl groups excluding tert-OH is 1. The van der Waals surface area contributed by atoms with Crippen LogP contribution in [0.25, 0.3) is 0 Å². The predicted octanol–water partition coefficient (Wildman–Crippen LogP) is -2.49. The monoisotopic (exact) mass is 497 g/mol. The molecule has 0 aromatic carbocycles. The molecule has 0 saturated heterocycles. The van der Waals surface area contributed by atoms with Gasteiger partial charge in [-0.15, -0.1) is 0 Å². The third kappa shape index (κ3) is 10.5. The third-order valence-corrected chi connectivity index (χ3v) is 5.03. The summed E-state index contributed by atoms with van der Waals surface area (Å²) in [7, 11) is 0. The van der Waals surface area contributed by atoms with E-state index >= 15 is 0 Å². The molecular weight excluding hydrogens is 462 g/mol. The number of aromatic nitrogens is 2. The van der Waals surface area contributed by atoms with Crippen LogP contribution in [0.1, 0.15) is 45.7 Å². The van der Waals surface area contributed by atoms with Crippen molar-refractivity contribution in [1.29, 1.82) is 0 Å². The van der Waals surface area contributed by atoms with Crippen LogP contribution >= 0.6 is 0 Å². The van der Waals surface area contributed by atoms with Crippen molar-refractivity contribution in [3.05, 3.63) is 18.2 Å². The average Bonchev–Trinajstić information content (AvgIpc) is 3.25. The Kier molecular flexibility index (Phi) is 11.8. The normalized spacial score (nSPS) is 15.4. The number of nitrogens with two attached hydrogens (primary N) is 2. The lowest BCUT2D eigenvalue weighted by Crippen LogP contribution is -2.58. The van der Waals surface area contributed by atoms with Gasteiger partial charge in [-0.05, 0) is 25.7 Å². The predicted molar refractivity (Wildman–Crippen MR) is 123 cm³/mol. The van der Waals surface area contributed by atoms with Crippen molar-refractivity contribution in [3.63, 3.8) is 0 Å². The number of aliphatic hydroxyl groups is 1. The maximum atomic E-state index is 13.0. The van der Waals surface area contributed by atoms with E-state index in [1.165, 1.54) is 19.4 Å². The van der Waals surface area contributed by atoms with Gasteiger partial charge in [0.2, 0.25) is 23.6 Å². The second-order valence-corrected chi connectivity index (χ2v) is 8.71. The number of aromatic amines is 1. The summed E-state index contributed by atoms with van der Waals surface area (Å²) >= 11 is 0. The molecule has 14 heteroatoms. The Morgan fingerprint density at radius 3 is 2.11 bits per heavy atom. The minimum Gasteiger partial charge on any atom is -0.480 e. The number of carbonyl (C=O) groups is 5. The fourth-order valence-electron chi connectivity index (χ4n) is 3.18. The zero-order valence-electron chi connectivity index (χ0n) is 20.0. The van der Waals surface area contributed by atoms with E-state index in [4.69, 9.17) is 11.5 Å². The van der Waals surface area contributed by atoms with Gasteiger partial charge in [-0.25, -0.2) is 9.78 Å². The van der Waals surface area contributed by atoms with Gasteiger partial charge in [-0.3, -0.25) is 19.2 Å². The van der Waals surface area contributed by atoms with Crippen molar-refractivity contribution in [2.75, 3.05) is 0 Å². The first-order valence-electron chi connectivity index (χ1n) is 11.1. The molecule has 10 N–H and O–H groups in total. The quantitative estimate of drug-likeness (QED) is 0.128. The number of nitrogens with one attached hydrogen (secondary N) is 4. The van der Waals surface area contributed by atoms with Crippen LogP contribution in [0.4, 0.5) is 0 Å². The molecular formula is C21H35N7O7. The fourth-order valence-corrected chi connectivity index (χ4v) is 3.18. The van der Waals surface area contributed by atoms with E-state index in [2.05, 4.69) is 25.9 Å². The van der Waals surface area contributed by atoms with Gasteiger partial charge >= 0.3 is 5.97 Å². The third-order valence-electron chi connectivity index (χ3n) is 5.03. The summed E-state index contributed by atoms with van der Waals surface area (Å²) in [5.41, 5.74) is 11.7. The number of imidazole rings is 1. The standard InChI is InChI=1S/C21H35N7O7/c1-10(2)6-15(27-18(31)13(22)7-12-8-24-9-25-12)20(33)26-14(4-5-16(23)30)19(32)28-17(11(3)29)21(34)35/h8-11,13-15,17,29H,4-7,22H2,1-3H3,(H2,23,30)(H,24,25)(H,26,33)(H,27,31)(H,28,32)(H,34,35). The molecule has 0 aliphatic heterocycles. The number of carboxylic acids is 1. The first-order valence-corrected chi connectivity index (χ1v) is 11.1. The first-order chi connectivity index (χ1) is 16.3. The lowest BCUT2D eigenvalue weighted by molar-refractivity contribution is -0.145. The molecule has 1 rings (SSSR count). The van der Waals surface area contributed by atoms with Crippen molar-refractivity contribution >= 4 is 29.6 Å². The number of hydrogen-bond acceptors (Lipinski definition) is 8. The van der Waals surface area contributed by atoms with Crippen LogP contribution in [0.3, 0.4) is 0 Å². The second-order valence-electron chi connectivity index (χ2n) is 8.71. The number of primary amides is 1. The number of hydrogen-bond donors (Lipinski definition) is 8. The summed E-state index contributed by atoms with van der Waals surface area (Å²) in [6.07, 6.45) is 1.41. The van der Waals surface area contributed by atoms with E-state index < -0.39 is 59.9 Å². The van der Waals surface area contributed by atoms with Gasteiger partial charge < -0.3 is 42.6 Å². The van der Waals surface area contributed by atoms with Crippen molar-refractivity contribution in [2.24, 2.45) is 17.4 Å². The Morgan fingerprint density at radius 1 is 1.03 bits per heavy atom. The van der Waals surface area contributed by atoms with Crippen molar-refractivity contribution in [3.8, 4) is 0 Å². The van der Waals surface area contributed by atoms with E-state index in [9.17, 15) is 34.2 Å². The van der Waals surface area contributed by atoms with E-state index in [1.54, 1.807) is 0 Å². The van der Waals surface area contributed by atoms with Crippen molar-refractivity contribution < 1.29 is 34.2 Å². The van der Waals surface area contributed by atoms with Crippen LogP contribution in [0.2, 0.25) is 0 Å². The highest BCUT2D eigenvalue weighted by Gasteiger charge is 2.32. The molecule has 0 bridgehead atoms. The second kappa shape index (κ2) is 14.0. The highest BCUT2D eigenvalue weighted by Crippen LogP contribution is 2.08. The molecule has 1 aromatic heterocycles. The molecule has 35 heavy (non-hydrogen) atoms. The zero-order valence-corrected chi connectivity index (χ0v) is 20.0. The molecule has 1 heterocycles. The van der Waals surface area contributed by atoms with E-state index in [-0.39, 0.29) is 31.6 Å². The Labute approximate surface area is 202 Å². The summed E-state index contributed by atoms with van der Waals surface area (Å²) in [4.78, 5) is 67.6. The summed E-state index contributed by atoms with van der Waals surface area (Å²) < 4.78 is 0. The number of amides is 4. The van der Waals surface area contributed by atoms with Crippen LogP contribution in [-0.2, 0) is 30.4 Å². The molecule has 0 aliphatic rings. The lowest BCUT2D eigenvalue weighted by atomic mass is 10.0. The molecule has 0 aliphatic carbocycles. The Morgan fingerprint density at radius 2 is 1.63 bits per heavy atom. The van der Waals surface area contributed by atoms with E-state index in [0.717, 1.165) is 0 Å². The summed E-state index contributed by atoms with van der Waals surface area (Å²) in [6, 6.07) is -5.02. The fraction of sp³-hybridized carbons (Fsp3) is 0.619. The van der Waals surface area contributed by atoms with E-state index in [1.807, 2.05) is 13.8 Å². The van der Waals surface area contributed by atoms with Crippen molar-refractivity contribution in [2.45, 2.75) is 76.7 Å². The molecule has 4 amide bonds. The van der Waals surface area contributed by atoms with Crippen LogP contribution in [-0.4, -0.2) is 80.1 Å². The average molecular weight is 498 g/mol. The molecule has 1 aromatic rings. The van der Waals surface area contributed by atoms with Gasteiger partial charge in [-0.2, -0.15) is 0 Å². The zero-order chi connectivity index (χ0) is 26.7. The van der Waals surface area contributed by atoms with Gasteiger partial charge in [0.25, 0.3) is 0 Å². The molecule has 0 spiro atoms. The Balaban J connectivity index is 2.97. The van der Waals surface area contributed by atoms with Gasteiger partial charge in [0, 0.05) is 24.7 Å². The maximum Gasteiger partial charge on any atom is 0.328 e. The molecule has 5 atom stereocenters. The highest BCUT2D eigenvalue weighted by atomic mass is 16.4. The Hall–Kier alpha value is -3.52. The lowest BCUT2D eigenvalue weighted by Gasteiger charge is -2.26. The van der Waals surface area contributed by atoms with E-state index in [0.29, 0.717) is 5.69 Å². The topological polar surface area (TPSA) is 243 Å². The molecule has 196 valence electrons. The van der Waals surface area contributed by atoms with Crippen LogP contribution in [0.15, 0.2) is 12.5 Å². The number of aliphatic carboxylic acids is 1. The van der Waals surface area contributed by atoms with Gasteiger partial charge in [-0.1, -0.05) is 13.8 Å². The van der Waals surface area contributed by atoms with Crippen LogP contribution in [0.5, 0.6) is 0 Å². The number of carbonyl (C=O) groups excluding carboxylic acids is 4. The number of rotatable bonds is 15. The molecule has 14 nitrogen and oxygen atoms in total. The number of H-pyrrole nitrogens is 1. The molecule has 0 saturated carbocycles. The number of nitrogens with zero attached hydrogens (tertiary/aromatic N) is 1. The highest BCUT2D eigenvalue weighted by molar-refractivity contribution is 5.94. The summed E-state index contributed by atoms with van der Waals surface area (Å²) in [6.45, 7) is 4.83. The minimum absolute atomic E-state index is 0.0283. The smallest absolute Gasteiger partial charge is 0.328 e. The number of carboxylic acid groups (broad SMARTS) is 1. The minimum atomic E-state index is -1.64. The van der Waals surface area contributed by atoms with Gasteiger partial charge in [0.05, 0.1) is 18.5 Å². The van der Waals surface area contributed by atoms with Gasteiger partial charge in [0.1, 0.15) is 12.1 Å². The van der Waals surface area contributed by atoms with Gasteiger partial charge in [0.15, 0.2) is 6.04 Å². The molecule has 5 unspecified atom stereocenters. The molecule has 0 radical (unpaired) electrons. The largest absolute Gasteiger partial charge is 0.480 e. The van der Waals surface area contributed by atoms with Crippen LogP contribution in [0, 0.1) is 5.92 Å². The maximum absolute atomic E-state index is 13.0. The van der Waals surface area contributed by atoms with Crippen LogP contribution < -0.4 is 27.4 Å². The summed E-state index contributed by atoms with van der Waals surface area (Å²) in [5, 5.41) is 26.0. The summed E-state index contributed by atoms with van der Waals surface area (Å²) in [5.74, 6) is -4.51. The SMILES string of the molecule is CC(C)CC(NC(=O)C(N)Cc1cnc[nH]1)C(=O)NC(CCC(N)=O)C(=O)NC(C(=O)O)C(C)O.